The number of rotatable bonds is 8. The lowest BCUT2D eigenvalue weighted by Gasteiger charge is -2.14. The average Bonchev–Trinajstić information content (AvgIpc) is 3.33. The lowest BCUT2D eigenvalue weighted by molar-refractivity contribution is 0.287. The van der Waals surface area contributed by atoms with E-state index in [-0.39, 0.29) is 0 Å². The highest BCUT2D eigenvalue weighted by molar-refractivity contribution is 9.10. The van der Waals surface area contributed by atoms with Gasteiger partial charge in [-0.15, -0.1) is 10.2 Å². The largest absolute Gasteiger partial charge is 0.490 e. The summed E-state index contributed by atoms with van der Waals surface area (Å²) in [6, 6.07) is 4.03. The second-order valence-electron chi connectivity index (χ2n) is 5.72. The van der Waals surface area contributed by atoms with Crippen LogP contribution in [0.15, 0.2) is 21.8 Å². The van der Waals surface area contributed by atoms with Crippen LogP contribution in [0.1, 0.15) is 44.0 Å². The molecule has 0 saturated heterocycles. The number of thioether (sulfide) groups is 1. The van der Waals surface area contributed by atoms with Crippen molar-refractivity contribution in [3.8, 4) is 11.5 Å². The van der Waals surface area contributed by atoms with E-state index >= 15 is 0 Å². The van der Waals surface area contributed by atoms with Gasteiger partial charge in [-0.05, 0) is 44.4 Å². The molecule has 24 heavy (non-hydrogen) atoms. The molecule has 2 aromatic rings. The molecule has 1 fully saturated rings. The first-order chi connectivity index (χ1) is 11.6. The number of nitrogens with zero attached hydrogens (tertiary/aromatic N) is 3. The van der Waals surface area contributed by atoms with Gasteiger partial charge >= 0.3 is 0 Å². The molecule has 1 aliphatic rings. The van der Waals surface area contributed by atoms with E-state index in [1.54, 1.807) is 11.8 Å². The average molecular weight is 412 g/mol. The smallest absolute Gasteiger partial charge is 0.191 e. The van der Waals surface area contributed by atoms with Crippen molar-refractivity contribution in [3.63, 3.8) is 0 Å². The Kier molecular flexibility index (Phi) is 5.71. The molecule has 1 heterocycles. The number of hydrogen-bond donors (Lipinski definition) is 0. The molecule has 0 aliphatic heterocycles. The zero-order valence-electron chi connectivity index (χ0n) is 14.2. The first-order valence-electron chi connectivity index (χ1n) is 8.24. The number of ether oxygens (including phenoxy) is 2. The van der Waals surface area contributed by atoms with Crippen LogP contribution in [-0.4, -0.2) is 28.0 Å². The van der Waals surface area contributed by atoms with Gasteiger partial charge in [0.2, 0.25) is 0 Å². The lowest BCUT2D eigenvalue weighted by Crippen LogP contribution is -2.00. The number of hydrogen-bond acceptors (Lipinski definition) is 5. The van der Waals surface area contributed by atoms with Crippen molar-refractivity contribution < 1.29 is 9.47 Å². The Balaban J connectivity index is 1.75. The van der Waals surface area contributed by atoms with E-state index < -0.39 is 0 Å². The van der Waals surface area contributed by atoms with Crippen molar-refractivity contribution in [1.82, 2.24) is 14.8 Å². The van der Waals surface area contributed by atoms with E-state index in [4.69, 9.17) is 9.47 Å². The van der Waals surface area contributed by atoms with Crippen LogP contribution in [0.3, 0.4) is 0 Å². The Morgan fingerprint density at radius 2 is 1.83 bits per heavy atom. The fraction of sp³-hybridized carbons (Fsp3) is 0.529. The lowest BCUT2D eigenvalue weighted by atomic mass is 10.2. The molecule has 3 rings (SSSR count). The molecule has 0 amide bonds. The standard InChI is InChI=1S/C17H22BrN3O2S/c1-4-22-14-8-12(13(18)9-15(14)23-5-2)10-24-17-20-19-16(21(17)3)11-6-7-11/h8-9,11H,4-7,10H2,1-3H3. The second kappa shape index (κ2) is 7.78. The van der Waals surface area contributed by atoms with Crippen LogP contribution >= 0.6 is 27.7 Å². The summed E-state index contributed by atoms with van der Waals surface area (Å²) < 4.78 is 14.5. The molecular weight excluding hydrogens is 390 g/mol. The van der Waals surface area contributed by atoms with E-state index in [0.29, 0.717) is 19.1 Å². The highest BCUT2D eigenvalue weighted by Crippen LogP contribution is 2.40. The van der Waals surface area contributed by atoms with Gasteiger partial charge in [-0.1, -0.05) is 27.7 Å². The Hall–Kier alpha value is -1.21. The molecule has 1 saturated carbocycles. The molecule has 0 spiro atoms. The molecule has 5 nitrogen and oxygen atoms in total. The molecule has 1 aliphatic carbocycles. The molecule has 0 radical (unpaired) electrons. The van der Waals surface area contributed by atoms with Crippen molar-refractivity contribution in [2.75, 3.05) is 13.2 Å². The summed E-state index contributed by atoms with van der Waals surface area (Å²) in [5.41, 5.74) is 1.16. The van der Waals surface area contributed by atoms with Crippen molar-refractivity contribution in [3.05, 3.63) is 28.0 Å². The zero-order chi connectivity index (χ0) is 17.1. The second-order valence-corrected chi connectivity index (χ2v) is 7.52. The molecule has 130 valence electrons. The van der Waals surface area contributed by atoms with Gasteiger partial charge in [0.15, 0.2) is 16.7 Å². The van der Waals surface area contributed by atoms with Gasteiger partial charge in [-0.2, -0.15) is 0 Å². The van der Waals surface area contributed by atoms with E-state index in [0.717, 1.165) is 38.3 Å². The monoisotopic (exact) mass is 411 g/mol. The van der Waals surface area contributed by atoms with E-state index in [1.807, 2.05) is 26.0 Å². The number of halogens is 1. The van der Waals surface area contributed by atoms with Gasteiger partial charge in [-0.25, -0.2) is 0 Å². The van der Waals surface area contributed by atoms with E-state index in [2.05, 4.69) is 37.7 Å². The van der Waals surface area contributed by atoms with Gasteiger partial charge < -0.3 is 14.0 Å². The minimum absolute atomic E-state index is 0.610. The fourth-order valence-corrected chi connectivity index (χ4v) is 4.07. The van der Waals surface area contributed by atoms with Gasteiger partial charge in [0.05, 0.1) is 13.2 Å². The van der Waals surface area contributed by atoms with Gasteiger partial charge in [0, 0.05) is 23.2 Å². The minimum Gasteiger partial charge on any atom is -0.490 e. The van der Waals surface area contributed by atoms with Crippen molar-refractivity contribution in [1.29, 1.82) is 0 Å². The topological polar surface area (TPSA) is 49.2 Å². The normalized spacial score (nSPS) is 14.0. The first kappa shape index (κ1) is 17.6. The Labute approximate surface area is 155 Å². The Morgan fingerprint density at radius 1 is 1.17 bits per heavy atom. The van der Waals surface area contributed by atoms with Crippen LogP contribution in [0.2, 0.25) is 0 Å². The quantitative estimate of drug-likeness (QED) is 0.596. The summed E-state index contributed by atoms with van der Waals surface area (Å²) >= 11 is 5.33. The SMILES string of the molecule is CCOc1cc(Br)c(CSc2nnc(C3CC3)n2C)cc1OCC. The number of aromatic nitrogens is 3. The molecule has 0 bridgehead atoms. The molecule has 0 atom stereocenters. The maximum absolute atomic E-state index is 5.72. The third kappa shape index (κ3) is 3.88. The third-order valence-electron chi connectivity index (χ3n) is 3.88. The molecule has 1 aromatic heterocycles. The highest BCUT2D eigenvalue weighted by atomic mass is 79.9. The minimum atomic E-state index is 0.610. The summed E-state index contributed by atoms with van der Waals surface area (Å²) in [4.78, 5) is 0. The Morgan fingerprint density at radius 3 is 2.46 bits per heavy atom. The van der Waals surface area contributed by atoms with Crippen LogP contribution in [0.5, 0.6) is 11.5 Å². The summed E-state index contributed by atoms with van der Waals surface area (Å²) in [5.74, 6) is 4.07. The first-order valence-corrected chi connectivity index (χ1v) is 10.0. The maximum atomic E-state index is 5.72. The van der Waals surface area contributed by atoms with E-state index in [9.17, 15) is 0 Å². The Bertz CT molecular complexity index is 716. The summed E-state index contributed by atoms with van der Waals surface area (Å²) in [6.45, 7) is 5.18. The fourth-order valence-electron chi connectivity index (χ4n) is 2.52. The molecule has 0 N–H and O–H groups in total. The van der Waals surface area contributed by atoms with Crippen molar-refractivity contribution in [2.24, 2.45) is 7.05 Å². The summed E-state index contributed by atoms with van der Waals surface area (Å²) in [5, 5.41) is 9.62. The molecular formula is C17H22BrN3O2S. The van der Waals surface area contributed by atoms with Crippen LogP contribution in [0.4, 0.5) is 0 Å². The summed E-state index contributed by atoms with van der Waals surface area (Å²) in [6.07, 6.45) is 2.47. The van der Waals surface area contributed by atoms with Crippen LogP contribution < -0.4 is 9.47 Å². The molecule has 1 aromatic carbocycles. The molecule has 0 unspecified atom stereocenters. The number of benzene rings is 1. The van der Waals surface area contributed by atoms with E-state index in [1.165, 1.54) is 12.8 Å². The van der Waals surface area contributed by atoms with Crippen LogP contribution in [0, 0.1) is 0 Å². The van der Waals surface area contributed by atoms with Crippen LogP contribution in [-0.2, 0) is 12.8 Å². The van der Waals surface area contributed by atoms with Crippen LogP contribution in [0.25, 0.3) is 0 Å². The predicted octanol–water partition coefficient (Wildman–Crippen LogP) is 4.54. The maximum Gasteiger partial charge on any atom is 0.191 e. The summed E-state index contributed by atoms with van der Waals surface area (Å²) in [7, 11) is 2.05. The van der Waals surface area contributed by atoms with Crippen molar-refractivity contribution in [2.45, 2.75) is 43.5 Å². The van der Waals surface area contributed by atoms with Gasteiger partial charge in [0.1, 0.15) is 5.82 Å². The highest BCUT2D eigenvalue weighted by Gasteiger charge is 2.29. The predicted molar refractivity (Wildman–Crippen MR) is 99.0 cm³/mol. The third-order valence-corrected chi connectivity index (χ3v) is 5.69. The molecule has 7 heteroatoms. The zero-order valence-corrected chi connectivity index (χ0v) is 16.6. The van der Waals surface area contributed by atoms with Crippen molar-refractivity contribution >= 4 is 27.7 Å². The van der Waals surface area contributed by atoms with Gasteiger partial charge in [-0.3, -0.25) is 0 Å². The van der Waals surface area contributed by atoms with Gasteiger partial charge in [0.25, 0.3) is 0 Å².